The monoisotopic (exact) mass is 301 g/mol. The van der Waals surface area contributed by atoms with Gasteiger partial charge in [0.05, 0.1) is 12.9 Å². The Bertz CT molecular complexity index is 693. The first-order valence-electron chi connectivity index (χ1n) is 7.14. The van der Waals surface area contributed by atoms with Crippen LogP contribution >= 0.6 is 0 Å². The van der Waals surface area contributed by atoms with Crippen LogP contribution in [-0.4, -0.2) is 28.6 Å². The smallest absolute Gasteiger partial charge is 0.253 e. The van der Waals surface area contributed by atoms with E-state index in [4.69, 9.17) is 4.74 Å². The third-order valence-electron chi connectivity index (χ3n) is 3.08. The largest absolute Gasteiger partial charge is 0.494 e. The van der Waals surface area contributed by atoms with E-state index in [1.807, 2.05) is 6.92 Å². The van der Waals surface area contributed by atoms with Gasteiger partial charge in [-0.05, 0) is 38.1 Å². The maximum absolute atomic E-state index is 12.0. The summed E-state index contributed by atoms with van der Waals surface area (Å²) in [5.41, 5.74) is 1.11. The first-order valence-corrected chi connectivity index (χ1v) is 7.14. The molecule has 1 aromatic heterocycles. The lowest BCUT2D eigenvalue weighted by Gasteiger charge is -2.08. The number of carbonyl (C=O) groups excluding carboxylic acids is 1. The summed E-state index contributed by atoms with van der Waals surface area (Å²) >= 11 is 0. The molecule has 0 fully saturated rings. The molecule has 0 radical (unpaired) electrons. The number of hydrogen-bond acceptors (Lipinski definition) is 4. The van der Waals surface area contributed by atoms with Gasteiger partial charge < -0.3 is 10.1 Å². The van der Waals surface area contributed by atoms with Crippen molar-refractivity contribution in [2.75, 3.05) is 13.2 Å². The normalized spacial score (nSPS) is 10.3. The predicted molar refractivity (Wildman–Crippen MR) is 83.2 cm³/mol. The minimum atomic E-state index is -0.184. The lowest BCUT2D eigenvalue weighted by Crippen LogP contribution is -2.30. The maximum Gasteiger partial charge on any atom is 0.253 e. The molecule has 0 saturated heterocycles. The SMILES string of the molecule is CCOc1ccc(C(=O)NCCn2cnc(C)cc2=O)cc1. The van der Waals surface area contributed by atoms with E-state index in [0.717, 1.165) is 5.75 Å². The Kier molecular flexibility index (Phi) is 5.30. The van der Waals surface area contributed by atoms with Crippen molar-refractivity contribution in [3.8, 4) is 5.75 Å². The number of amides is 1. The number of hydrogen-bond donors (Lipinski definition) is 1. The van der Waals surface area contributed by atoms with Gasteiger partial charge in [-0.1, -0.05) is 0 Å². The van der Waals surface area contributed by atoms with Gasteiger partial charge in [0.2, 0.25) is 0 Å². The highest BCUT2D eigenvalue weighted by Gasteiger charge is 2.05. The molecule has 0 saturated carbocycles. The van der Waals surface area contributed by atoms with Gasteiger partial charge in [-0.15, -0.1) is 0 Å². The molecule has 0 bridgehead atoms. The molecule has 0 aliphatic rings. The van der Waals surface area contributed by atoms with Crippen LogP contribution in [0.3, 0.4) is 0 Å². The highest BCUT2D eigenvalue weighted by atomic mass is 16.5. The lowest BCUT2D eigenvalue weighted by atomic mass is 10.2. The quantitative estimate of drug-likeness (QED) is 0.875. The Morgan fingerprint density at radius 3 is 2.68 bits per heavy atom. The first-order chi connectivity index (χ1) is 10.6. The minimum Gasteiger partial charge on any atom is -0.494 e. The number of benzene rings is 1. The zero-order valence-electron chi connectivity index (χ0n) is 12.7. The van der Waals surface area contributed by atoms with Crippen molar-refractivity contribution in [2.45, 2.75) is 20.4 Å². The Morgan fingerprint density at radius 2 is 2.05 bits per heavy atom. The van der Waals surface area contributed by atoms with E-state index in [0.29, 0.717) is 31.0 Å². The average molecular weight is 301 g/mol. The Balaban J connectivity index is 1.88. The Morgan fingerprint density at radius 1 is 1.32 bits per heavy atom. The molecule has 6 heteroatoms. The van der Waals surface area contributed by atoms with Crippen molar-refractivity contribution >= 4 is 5.91 Å². The van der Waals surface area contributed by atoms with Crippen LogP contribution in [0.4, 0.5) is 0 Å². The zero-order valence-corrected chi connectivity index (χ0v) is 12.7. The van der Waals surface area contributed by atoms with E-state index in [1.165, 1.54) is 17.0 Å². The number of nitrogens with zero attached hydrogens (tertiary/aromatic N) is 2. The number of ether oxygens (including phenoxy) is 1. The first kappa shape index (κ1) is 15.8. The predicted octanol–water partition coefficient (Wildman–Crippen LogP) is 1.38. The second-order valence-electron chi connectivity index (χ2n) is 4.78. The van der Waals surface area contributed by atoms with E-state index in [9.17, 15) is 9.59 Å². The van der Waals surface area contributed by atoms with Gasteiger partial charge in [0.15, 0.2) is 0 Å². The van der Waals surface area contributed by atoms with Gasteiger partial charge in [0.1, 0.15) is 5.75 Å². The van der Waals surface area contributed by atoms with Crippen molar-refractivity contribution in [1.82, 2.24) is 14.9 Å². The van der Waals surface area contributed by atoms with Crippen LogP contribution in [0.15, 0.2) is 41.5 Å². The molecule has 1 heterocycles. The van der Waals surface area contributed by atoms with Crippen LogP contribution in [0.25, 0.3) is 0 Å². The molecule has 1 aromatic carbocycles. The van der Waals surface area contributed by atoms with Crippen molar-refractivity contribution in [3.63, 3.8) is 0 Å². The number of aromatic nitrogens is 2. The average Bonchev–Trinajstić information content (AvgIpc) is 2.50. The molecule has 2 aromatic rings. The Labute approximate surface area is 128 Å². The number of carbonyl (C=O) groups is 1. The number of aryl methyl sites for hydroxylation is 1. The molecule has 0 aliphatic heterocycles. The van der Waals surface area contributed by atoms with Crippen molar-refractivity contribution in [2.24, 2.45) is 0 Å². The molecule has 22 heavy (non-hydrogen) atoms. The fourth-order valence-corrected chi connectivity index (χ4v) is 1.95. The van der Waals surface area contributed by atoms with Crippen LogP contribution in [0.1, 0.15) is 23.0 Å². The van der Waals surface area contributed by atoms with Crippen molar-refractivity contribution < 1.29 is 9.53 Å². The second kappa shape index (κ2) is 7.40. The van der Waals surface area contributed by atoms with Gasteiger partial charge in [-0.25, -0.2) is 4.98 Å². The minimum absolute atomic E-state index is 0.122. The molecule has 0 aliphatic carbocycles. The molecule has 0 unspecified atom stereocenters. The highest BCUT2D eigenvalue weighted by molar-refractivity contribution is 5.94. The summed E-state index contributed by atoms with van der Waals surface area (Å²) in [7, 11) is 0. The van der Waals surface area contributed by atoms with Gasteiger partial charge in [0.25, 0.3) is 11.5 Å². The third kappa shape index (κ3) is 4.18. The lowest BCUT2D eigenvalue weighted by molar-refractivity contribution is 0.0952. The molecule has 0 atom stereocenters. The molecular weight excluding hydrogens is 282 g/mol. The standard InChI is InChI=1S/C16H19N3O3/c1-3-22-14-6-4-13(5-7-14)16(21)17-8-9-19-11-18-12(2)10-15(19)20/h4-7,10-11H,3,8-9H2,1-2H3,(H,17,21). The van der Waals surface area contributed by atoms with Crippen LogP contribution in [0.5, 0.6) is 5.75 Å². The van der Waals surface area contributed by atoms with E-state index < -0.39 is 0 Å². The summed E-state index contributed by atoms with van der Waals surface area (Å²) in [6.07, 6.45) is 1.49. The molecule has 6 nitrogen and oxygen atoms in total. The maximum atomic E-state index is 12.0. The molecule has 1 N–H and O–H groups in total. The number of rotatable bonds is 6. The summed E-state index contributed by atoms with van der Waals surface area (Å²) in [5, 5.41) is 2.77. The second-order valence-corrected chi connectivity index (χ2v) is 4.78. The van der Waals surface area contributed by atoms with Gasteiger partial charge in [-0.2, -0.15) is 0 Å². The van der Waals surface area contributed by atoms with Gasteiger partial charge in [0, 0.05) is 30.4 Å². The van der Waals surface area contributed by atoms with Crippen molar-refractivity contribution in [1.29, 1.82) is 0 Å². The number of nitrogens with one attached hydrogen (secondary N) is 1. The summed E-state index contributed by atoms with van der Waals surface area (Å²) in [4.78, 5) is 27.7. The highest BCUT2D eigenvalue weighted by Crippen LogP contribution is 2.11. The summed E-state index contributed by atoms with van der Waals surface area (Å²) in [5.74, 6) is 0.549. The van der Waals surface area contributed by atoms with E-state index in [2.05, 4.69) is 10.3 Å². The van der Waals surface area contributed by atoms with E-state index in [-0.39, 0.29) is 11.5 Å². The van der Waals surface area contributed by atoms with Crippen LogP contribution in [-0.2, 0) is 6.54 Å². The molecule has 1 amide bonds. The molecule has 2 rings (SSSR count). The third-order valence-corrected chi connectivity index (χ3v) is 3.08. The van der Waals surface area contributed by atoms with E-state index >= 15 is 0 Å². The molecular formula is C16H19N3O3. The molecule has 116 valence electrons. The topological polar surface area (TPSA) is 73.2 Å². The zero-order chi connectivity index (χ0) is 15.9. The summed E-state index contributed by atoms with van der Waals surface area (Å²) < 4.78 is 6.79. The van der Waals surface area contributed by atoms with Crippen LogP contribution in [0.2, 0.25) is 0 Å². The van der Waals surface area contributed by atoms with Gasteiger partial charge in [-0.3, -0.25) is 14.2 Å². The summed E-state index contributed by atoms with van der Waals surface area (Å²) in [6, 6.07) is 8.40. The Hall–Kier alpha value is -2.63. The van der Waals surface area contributed by atoms with Crippen LogP contribution < -0.4 is 15.6 Å². The van der Waals surface area contributed by atoms with Crippen LogP contribution in [0, 0.1) is 6.92 Å². The van der Waals surface area contributed by atoms with E-state index in [1.54, 1.807) is 31.2 Å². The fourth-order valence-electron chi connectivity index (χ4n) is 1.95. The fraction of sp³-hybridized carbons (Fsp3) is 0.312. The molecule has 0 spiro atoms. The van der Waals surface area contributed by atoms with Gasteiger partial charge >= 0.3 is 0 Å². The van der Waals surface area contributed by atoms with Crippen molar-refractivity contribution in [3.05, 3.63) is 58.3 Å². The summed E-state index contributed by atoms with van der Waals surface area (Å²) in [6.45, 7) is 5.00.